The van der Waals surface area contributed by atoms with Crippen LogP contribution in [-0.2, 0) is 18.7 Å². The van der Waals surface area contributed by atoms with E-state index in [1.165, 1.54) is 6.92 Å². The Morgan fingerprint density at radius 1 is 1.50 bits per heavy atom. The summed E-state index contributed by atoms with van der Waals surface area (Å²) in [7, 11) is 0. The predicted octanol–water partition coefficient (Wildman–Crippen LogP) is 3.52. The molecule has 0 radical (unpaired) electrons. The summed E-state index contributed by atoms with van der Waals surface area (Å²) in [5.41, 5.74) is 0.0988. The number of Topliss-reactive ketones (excluding diaryl/α,β-unsaturated/α-hetero) is 1. The maximum atomic E-state index is 14.2. The van der Waals surface area contributed by atoms with E-state index >= 15 is 0 Å². The monoisotopic (exact) mass is 702 g/mol. The number of nitrogens with zero attached hydrogens (tertiary/aromatic N) is 2. The van der Waals surface area contributed by atoms with Crippen LogP contribution in [0.15, 0.2) is 0 Å². The van der Waals surface area contributed by atoms with E-state index in [1.54, 1.807) is 0 Å². The van der Waals surface area contributed by atoms with Gasteiger partial charge in [0.05, 0.1) is 0 Å². The van der Waals surface area contributed by atoms with Crippen molar-refractivity contribution in [2.24, 2.45) is 0 Å². The van der Waals surface area contributed by atoms with E-state index < -0.39 is 11.1 Å². The normalized spacial score (nSPS) is 21.2. The van der Waals surface area contributed by atoms with Gasteiger partial charge in [-0.2, -0.15) is 0 Å². The SMILES string of the molecule is CC(=O)Cn1nc([CH](F)[Tl])c2c1C(F)(F)CCC2(I)I. The minimum atomic E-state index is -3.06. The molecule has 0 amide bonds. The van der Waals surface area contributed by atoms with E-state index in [0.717, 1.165) is 4.68 Å². The van der Waals surface area contributed by atoms with Gasteiger partial charge in [-0.15, -0.1) is 0 Å². The second-order valence-electron chi connectivity index (χ2n) is 4.78. The zero-order valence-electron chi connectivity index (χ0n) is 10.5. The summed E-state index contributed by atoms with van der Waals surface area (Å²) in [5, 5.41) is 4.00. The van der Waals surface area contributed by atoms with Crippen molar-refractivity contribution >= 4 is 76.7 Å². The molecule has 20 heavy (non-hydrogen) atoms. The zero-order valence-corrected chi connectivity index (χ0v) is 19.3. The number of ketones is 1. The van der Waals surface area contributed by atoms with Gasteiger partial charge in [0.2, 0.25) is 0 Å². The zero-order chi connectivity index (χ0) is 15.3. The van der Waals surface area contributed by atoms with E-state index in [-0.39, 0.29) is 67.9 Å². The molecular weight excluding hydrogens is 691 g/mol. The van der Waals surface area contributed by atoms with Crippen LogP contribution in [-0.4, -0.2) is 41.3 Å². The van der Waals surface area contributed by atoms with Gasteiger partial charge in [0.1, 0.15) is 0 Å². The van der Waals surface area contributed by atoms with Crippen LogP contribution in [0.3, 0.4) is 0 Å². The summed E-state index contributed by atoms with van der Waals surface area (Å²) in [6.07, 6.45) is -0.0560. The maximum absolute atomic E-state index is 14.2. The van der Waals surface area contributed by atoms with E-state index in [4.69, 9.17) is 0 Å². The molecule has 108 valence electrons. The van der Waals surface area contributed by atoms with Gasteiger partial charge in [-0.25, -0.2) is 0 Å². The molecule has 9 heteroatoms. The van der Waals surface area contributed by atoms with Crippen molar-refractivity contribution in [2.45, 2.75) is 37.4 Å². The average Bonchev–Trinajstić information content (AvgIpc) is 2.66. The average molecular weight is 701 g/mol. The molecule has 1 aliphatic rings. The first-order valence-electron chi connectivity index (χ1n) is 5.82. The van der Waals surface area contributed by atoms with Crippen LogP contribution in [0.2, 0.25) is 0 Å². The number of carbonyl (C=O) groups excluding carboxylic acids is 1. The molecule has 0 aromatic carbocycles. The van der Waals surface area contributed by atoms with Crippen molar-refractivity contribution in [2.75, 3.05) is 0 Å². The Labute approximate surface area is 157 Å². The molecular formula is C11H10F3I2N2OTl. The molecule has 3 nitrogen and oxygen atoms in total. The Morgan fingerprint density at radius 3 is 2.60 bits per heavy atom. The number of carbonyl (C=O) groups is 1. The molecule has 1 unspecified atom stereocenters. The van der Waals surface area contributed by atoms with Crippen LogP contribution < -0.4 is 0 Å². The fourth-order valence-corrected chi connectivity index (χ4v) is 4.80. The van der Waals surface area contributed by atoms with Crippen LogP contribution in [0.1, 0.15) is 40.4 Å². The number of hydrogen-bond acceptors (Lipinski definition) is 2. The number of halogens is 5. The van der Waals surface area contributed by atoms with Crippen LogP contribution in [0, 0.1) is 0 Å². The molecule has 0 saturated heterocycles. The number of fused-ring (bicyclic) bond motifs is 1. The van der Waals surface area contributed by atoms with Gasteiger partial charge < -0.3 is 0 Å². The fraction of sp³-hybridized carbons (Fsp3) is 0.636. The molecule has 0 aliphatic heterocycles. The summed E-state index contributed by atoms with van der Waals surface area (Å²) in [6.45, 7) is 1.07. The first-order valence-corrected chi connectivity index (χ1v) is 10.6. The summed E-state index contributed by atoms with van der Waals surface area (Å²) in [6, 6.07) is 0. The van der Waals surface area contributed by atoms with Crippen molar-refractivity contribution in [3.8, 4) is 0 Å². The summed E-state index contributed by atoms with van der Waals surface area (Å²) < 4.78 is 41.4. The minimum absolute atomic E-state index is 0.0380. The van der Waals surface area contributed by atoms with Crippen molar-refractivity contribution in [3.63, 3.8) is 0 Å². The van der Waals surface area contributed by atoms with Gasteiger partial charge in [-0.05, 0) is 0 Å². The summed E-state index contributed by atoms with van der Waals surface area (Å²) in [5.74, 6) is -3.34. The van der Waals surface area contributed by atoms with Gasteiger partial charge in [0.15, 0.2) is 0 Å². The van der Waals surface area contributed by atoms with Gasteiger partial charge in [-0.1, -0.05) is 0 Å². The van der Waals surface area contributed by atoms with Gasteiger partial charge in [-0.3, -0.25) is 0 Å². The Kier molecular flexibility index (Phi) is 5.16. The molecule has 1 aromatic rings. The van der Waals surface area contributed by atoms with Crippen molar-refractivity contribution in [1.29, 1.82) is 0 Å². The van der Waals surface area contributed by atoms with E-state index in [1.807, 2.05) is 0 Å². The molecule has 0 saturated carbocycles. The first kappa shape index (κ1) is 17.4. The number of aromatic nitrogens is 2. The molecule has 1 atom stereocenters. The topological polar surface area (TPSA) is 34.9 Å². The second-order valence-corrected chi connectivity index (χ2v) is 12.8. The molecule has 1 heterocycles. The molecule has 2 rings (SSSR count). The molecule has 0 spiro atoms. The summed E-state index contributed by atoms with van der Waals surface area (Å²) in [4.78, 5) is 11.3. The van der Waals surface area contributed by atoms with Crippen LogP contribution in [0.25, 0.3) is 0 Å². The number of alkyl halides is 5. The van der Waals surface area contributed by atoms with Gasteiger partial charge in [0.25, 0.3) is 0 Å². The van der Waals surface area contributed by atoms with Crippen LogP contribution >= 0.6 is 45.2 Å². The van der Waals surface area contributed by atoms with Crippen LogP contribution in [0.5, 0.6) is 0 Å². The third-order valence-electron chi connectivity index (χ3n) is 3.08. The Morgan fingerprint density at radius 2 is 2.10 bits per heavy atom. The molecule has 1 aromatic heterocycles. The first-order chi connectivity index (χ1) is 9.06. The number of rotatable bonds is 3. The molecule has 0 fully saturated rings. The second kappa shape index (κ2) is 5.92. The fourth-order valence-electron chi connectivity index (χ4n) is 2.29. The van der Waals surface area contributed by atoms with Gasteiger partial charge in [0, 0.05) is 0 Å². The Bertz CT molecular complexity index is 560. The predicted molar refractivity (Wildman–Crippen MR) is 85.4 cm³/mol. The third-order valence-corrected chi connectivity index (χ3v) is 6.46. The Hall–Kier alpha value is 1.05. The Balaban J connectivity index is 2.72. The molecule has 1 aliphatic carbocycles. The van der Waals surface area contributed by atoms with Crippen molar-refractivity contribution in [3.05, 3.63) is 17.0 Å². The summed E-state index contributed by atoms with van der Waals surface area (Å²) >= 11 is 4.11. The van der Waals surface area contributed by atoms with Gasteiger partial charge >= 0.3 is 159 Å². The van der Waals surface area contributed by atoms with Crippen molar-refractivity contribution < 1.29 is 18.0 Å². The van der Waals surface area contributed by atoms with E-state index in [9.17, 15) is 18.0 Å². The molecule has 0 N–H and O–H groups in total. The standard InChI is InChI=1S/C11H10F3I2N2O.Tl/c1-6(19)5-18-9-8(7(4-12)17-18)11(15,16)3-2-10(9,13)14;/h4H,2-3,5H2,1H3;. The quantitative estimate of drug-likeness (QED) is 0.275. The third kappa shape index (κ3) is 3.20. The van der Waals surface area contributed by atoms with E-state index in [2.05, 4.69) is 50.3 Å². The molecule has 0 bridgehead atoms. The number of hydrogen-bond donors (Lipinski definition) is 0. The van der Waals surface area contributed by atoms with Crippen molar-refractivity contribution in [1.82, 2.24) is 9.78 Å². The van der Waals surface area contributed by atoms with Crippen LogP contribution in [0.4, 0.5) is 13.2 Å². The van der Waals surface area contributed by atoms with E-state index in [0.29, 0.717) is 0 Å².